The number of benzene rings is 1. The van der Waals surface area contributed by atoms with Gasteiger partial charge in [-0.15, -0.1) is 11.8 Å². The molecule has 0 bridgehead atoms. The number of hydrogen-bond donors (Lipinski definition) is 0. The van der Waals surface area contributed by atoms with Crippen molar-refractivity contribution in [2.24, 2.45) is 4.99 Å². The molecule has 0 saturated heterocycles. The van der Waals surface area contributed by atoms with Gasteiger partial charge in [0.15, 0.2) is 0 Å². The first-order valence-corrected chi connectivity index (χ1v) is 5.92. The molecule has 1 nitrogen and oxygen atoms in total. The molecule has 0 saturated carbocycles. The molecule has 14 heavy (non-hydrogen) atoms. The lowest BCUT2D eigenvalue weighted by atomic mass is 10.0. The van der Waals surface area contributed by atoms with Crippen molar-refractivity contribution in [2.75, 3.05) is 5.88 Å². The summed E-state index contributed by atoms with van der Waals surface area (Å²) in [6, 6.07) is 8.54. The van der Waals surface area contributed by atoms with Crippen LogP contribution in [-0.4, -0.2) is 16.8 Å². The van der Waals surface area contributed by atoms with Crippen molar-refractivity contribution in [2.45, 2.75) is 11.7 Å². The standard InChI is InChI=1S/C12H11NS/c1-2-6-10-9(4-1)5-3-7-11-12(10)13-8-14-11/h1-6,11H,7-8H2. The van der Waals surface area contributed by atoms with Gasteiger partial charge in [-0.05, 0) is 12.0 Å². The highest BCUT2D eigenvalue weighted by Gasteiger charge is 2.24. The molecule has 0 N–H and O–H groups in total. The molecule has 1 unspecified atom stereocenters. The van der Waals surface area contributed by atoms with Gasteiger partial charge in [0.25, 0.3) is 0 Å². The average Bonchev–Trinajstić information content (AvgIpc) is 2.61. The molecular formula is C12H11NS. The number of aliphatic imine (C=N–C) groups is 1. The van der Waals surface area contributed by atoms with Crippen molar-refractivity contribution in [1.82, 2.24) is 0 Å². The lowest BCUT2D eigenvalue weighted by molar-refractivity contribution is 1.14. The van der Waals surface area contributed by atoms with E-state index < -0.39 is 0 Å². The Hall–Kier alpha value is -1.02. The zero-order chi connectivity index (χ0) is 9.38. The second-order valence-corrected chi connectivity index (χ2v) is 4.71. The Morgan fingerprint density at radius 3 is 3.21 bits per heavy atom. The minimum atomic E-state index is 0.592. The quantitative estimate of drug-likeness (QED) is 0.628. The second kappa shape index (κ2) is 3.28. The highest BCUT2D eigenvalue weighted by Crippen LogP contribution is 2.31. The summed E-state index contributed by atoms with van der Waals surface area (Å²) in [5, 5.41) is 0.592. The summed E-state index contributed by atoms with van der Waals surface area (Å²) in [7, 11) is 0. The fourth-order valence-corrected chi connectivity index (χ4v) is 3.01. The first-order valence-electron chi connectivity index (χ1n) is 4.87. The van der Waals surface area contributed by atoms with Crippen LogP contribution in [0.15, 0.2) is 35.3 Å². The van der Waals surface area contributed by atoms with Crippen LogP contribution < -0.4 is 0 Å². The van der Waals surface area contributed by atoms with Crippen LogP contribution in [0, 0.1) is 0 Å². The first kappa shape index (κ1) is 8.30. The monoisotopic (exact) mass is 201 g/mol. The van der Waals surface area contributed by atoms with Crippen LogP contribution in [0.25, 0.3) is 6.08 Å². The molecule has 2 heteroatoms. The fraction of sp³-hybridized carbons (Fsp3) is 0.250. The SMILES string of the molecule is C1=Cc2ccccc2C2=NCSC2C1. The summed E-state index contributed by atoms with van der Waals surface area (Å²) in [4.78, 5) is 4.60. The van der Waals surface area contributed by atoms with E-state index in [-0.39, 0.29) is 0 Å². The molecule has 0 fully saturated rings. The van der Waals surface area contributed by atoms with Crippen LogP contribution >= 0.6 is 11.8 Å². The summed E-state index contributed by atoms with van der Waals surface area (Å²) in [5.41, 5.74) is 3.95. The van der Waals surface area contributed by atoms with E-state index in [0.29, 0.717) is 5.25 Å². The maximum atomic E-state index is 4.60. The predicted octanol–water partition coefficient (Wildman–Crippen LogP) is 2.97. The number of fused-ring (bicyclic) bond motifs is 3. The van der Waals surface area contributed by atoms with Crippen molar-refractivity contribution < 1.29 is 0 Å². The van der Waals surface area contributed by atoms with Gasteiger partial charge >= 0.3 is 0 Å². The fourth-order valence-electron chi connectivity index (χ4n) is 2.01. The van der Waals surface area contributed by atoms with Crippen LogP contribution in [0.3, 0.4) is 0 Å². The van der Waals surface area contributed by atoms with E-state index in [1.54, 1.807) is 0 Å². The van der Waals surface area contributed by atoms with E-state index in [1.165, 1.54) is 16.8 Å². The minimum absolute atomic E-state index is 0.592. The molecule has 1 atom stereocenters. The van der Waals surface area contributed by atoms with Crippen molar-refractivity contribution in [3.05, 3.63) is 41.5 Å². The third kappa shape index (κ3) is 1.22. The minimum Gasteiger partial charge on any atom is -0.277 e. The zero-order valence-corrected chi connectivity index (χ0v) is 8.63. The topological polar surface area (TPSA) is 12.4 Å². The van der Waals surface area contributed by atoms with Gasteiger partial charge in [-0.25, -0.2) is 0 Å². The smallest absolute Gasteiger partial charge is 0.0854 e. The van der Waals surface area contributed by atoms with Gasteiger partial charge in [-0.1, -0.05) is 36.4 Å². The number of hydrogen-bond acceptors (Lipinski definition) is 2. The molecule has 0 amide bonds. The van der Waals surface area contributed by atoms with Crippen LogP contribution in [0.5, 0.6) is 0 Å². The molecule has 1 aromatic carbocycles. The third-order valence-electron chi connectivity index (χ3n) is 2.70. The molecule has 1 aliphatic heterocycles. The van der Waals surface area contributed by atoms with E-state index in [4.69, 9.17) is 0 Å². The number of allylic oxidation sites excluding steroid dienone is 1. The Kier molecular flexibility index (Phi) is 1.95. The maximum Gasteiger partial charge on any atom is 0.0854 e. The van der Waals surface area contributed by atoms with Gasteiger partial charge in [-0.3, -0.25) is 4.99 Å². The summed E-state index contributed by atoms with van der Waals surface area (Å²) >= 11 is 1.95. The Balaban J connectivity index is 2.19. The van der Waals surface area contributed by atoms with E-state index in [0.717, 1.165) is 12.3 Å². The normalized spacial score (nSPS) is 23.7. The van der Waals surface area contributed by atoms with Crippen molar-refractivity contribution >= 4 is 23.5 Å². The average molecular weight is 201 g/mol. The zero-order valence-electron chi connectivity index (χ0n) is 7.81. The number of rotatable bonds is 0. The molecular weight excluding hydrogens is 190 g/mol. The second-order valence-electron chi connectivity index (χ2n) is 3.55. The summed E-state index contributed by atoms with van der Waals surface area (Å²) in [6.45, 7) is 0. The van der Waals surface area contributed by atoms with Crippen LogP contribution in [0.1, 0.15) is 17.5 Å². The summed E-state index contributed by atoms with van der Waals surface area (Å²) in [5.74, 6) is 0.933. The Morgan fingerprint density at radius 2 is 2.21 bits per heavy atom. The highest BCUT2D eigenvalue weighted by molar-refractivity contribution is 8.01. The van der Waals surface area contributed by atoms with Gasteiger partial charge in [-0.2, -0.15) is 0 Å². The van der Waals surface area contributed by atoms with Gasteiger partial charge in [0.2, 0.25) is 0 Å². The van der Waals surface area contributed by atoms with Crippen LogP contribution in [0.4, 0.5) is 0 Å². The molecule has 1 aliphatic carbocycles. The number of thioether (sulfide) groups is 1. The van der Waals surface area contributed by atoms with Crippen LogP contribution in [-0.2, 0) is 0 Å². The van der Waals surface area contributed by atoms with Gasteiger partial charge in [0.05, 0.1) is 16.8 Å². The Labute approximate surface area is 87.9 Å². The van der Waals surface area contributed by atoms with Gasteiger partial charge in [0, 0.05) is 5.56 Å². The summed E-state index contributed by atoms with van der Waals surface area (Å²) in [6.07, 6.45) is 5.61. The molecule has 2 aliphatic rings. The van der Waals surface area contributed by atoms with Gasteiger partial charge < -0.3 is 0 Å². The maximum absolute atomic E-state index is 4.60. The van der Waals surface area contributed by atoms with Crippen molar-refractivity contribution in [3.63, 3.8) is 0 Å². The van der Waals surface area contributed by atoms with Crippen molar-refractivity contribution in [1.29, 1.82) is 0 Å². The highest BCUT2D eigenvalue weighted by atomic mass is 32.2. The molecule has 0 radical (unpaired) electrons. The van der Waals surface area contributed by atoms with E-state index in [1.807, 2.05) is 11.8 Å². The Morgan fingerprint density at radius 1 is 1.29 bits per heavy atom. The number of nitrogens with zero attached hydrogens (tertiary/aromatic N) is 1. The van der Waals surface area contributed by atoms with Crippen molar-refractivity contribution in [3.8, 4) is 0 Å². The molecule has 70 valence electrons. The molecule has 3 rings (SSSR count). The first-order chi connectivity index (χ1) is 6.95. The lowest BCUT2D eigenvalue weighted by Gasteiger charge is -2.09. The van der Waals surface area contributed by atoms with E-state index >= 15 is 0 Å². The largest absolute Gasteiger partial charge is 0.277 e. The van der Waals surface area contributed by atoms with E-state index in [9.17, 15) is 0 Å². The summed E-state index contributed by atoms with van der Waals surface area (Å²) < 4.78 is 0. The molecule has 0 spiro atoms. The lowest BCUT2D eigenvalue weighted by Crippen LogP contribution is -2.13. The molecule has 0 aromatic heterocycles. The van der Waals surface area contributed by atoms with Crippen LogP contribution in [0.2, 0.25) is 0 Å². The van der Waals surface area contributed by atoms with E-state index in [2.05, 4.69) is 41.4 Å². The van der Waals surface area contributed by atoms with Gasteiger partial charge in [0.1, 0.15) is 0 Å². The predicted molar refractivity (Wildman–Crippen MR) is 62.9 cm³/mol. The Bertz CT molecular complexity index is 420. The molecule has 1 aromatic rings. The molecule has 1 heterocycles. The third-order valence-corrected chi connectivity index (χ3v) is 3.80.